The van der Waals surface area contributed by atoms with E-state index in [4.69, 9.17) is 27.5 Å². The summed E-state index contributed by atoms with van der Waals surface area (Å²) in [5.41, 5.74) is 0. The molecule has 0 N–H and O–H groups in total. The lowest BCUT2D eigenvalue weighted by Gasteiger charge is -2.26. The van der Waals surface area contributed by atoms with Gasteiger partial charge in [0.25, 0.3) is 0 Å². The molecule has 0 fully saturated rings. The minimum absolute atomic E-state index is 0.0168. The standard InChI is InChI=1S/C16H24O9Si/c1-5-14(17)20-8-11-23-26(4,24-12-9-21-15(18)6-2)25-13-10-22-16(19)7-3/h5-7H,1-3,8-13H2,4H3. The third-order valence-electron chi connectivity index (χ3n) is 2.58. The molecule has 0 saturated heterocycles. The van der Waals surface area contributed by atoms with Crippen molar-refractivity contribution in [2.24, 2.45) is 0 Å². The van der Waals surface area contributed by atoms with Crippen molar-refractivity contribution >= 4 is 26.7 Å². The van der Waals surface area contributed by atoms with Crippen molar-refractivity contribution in [2.75, 3.05) is 39.6 Å². The Morgan fingerprint density at radius 2 is 0.923 bits per heavy atom. The van der Waals surface area contributed by atoms with Crippen molar-refractivity contribution in [3.05, 3.63) is 38.0 Å². The summed E-state index contributed by atoms with van der Waals surface area (Å²) in [5, 5.41) is 0. The molecule has 0 aromatic rings. The minimum Gasteiger partial charge on any atom is -0.460 e. The second-order valence-corrected chi connectivity index (χ2v) is 7.11. The highest BCUT2D eigenvalue weighted by Crippen LogP contribution is 2.09. The van der Waals surface area contributed by atoms with Gasteiger partial charge in [0.05, 0.1) is 19.8 Å². The van der Waals surface area contributed by atoms with Gasteiger partial charge >= 0.3 is 26.7 Å². The zero-order valence-electron chi connectivity index (χ0n) is 14.8. The number of esters is 3. The quantitative estimate of drug-likeness (QED) is 0.132. The van der Waals surface area contributed by atoms with E-state index in [1.165, 1.54) is 0 Å². The Kier molecular flexibility index (Phi) is 12.7. The third kappa shape index (κ3) is 12.1. The van der Waals surface area contributed by atoms with E-state index in [-0.39, 0.29) is 39.6 Å². The first-order valence-electron chi connectivity index (χ1n) is 7.66. The van der Waals surface area contributed by atoms with E-state index in [2.05, 4.69) is 19.7 Å². The molecule has 0 saturated carbocycles. The topological polar surface area (TPSA) is 107 Å². The van der Waals surface area contributed by atoms with Crippen molar-refractivity contribution in [3.8, 4) is 0 Å². The Morgan fingerprint density at radius 3 is 1.15 bits per heavy atom. The Hall–Kier alpha value is -2.27. The maximum absolute atomic E-state index is 11.0. The van der Waals surface area contributed by atoms with Crippen LogP contribution < -0.4 is 0 Å². The van der Waals surface area contributed by atoms with Crippen LogP contribution >= 0.6 is 0 Å². The van der Waals surface area contributed by atoms with Crippen LogP contribution in [-0.4, -0.2) is 66.4 Å². The van der Waals surface area contributed by atoms with Crippen molar-refractivity contribution in [2.45, 2.75) is 6.55 Å². The van der Waals surface area contributed by atoms with Crippen molar-refractivity contribution in [1.29, 1.82) is 0 Å². The minimum atomic E-state index is -3.15. The van der Waals surface area contributed by atoms with Crippen LogP contribution in [0, 0.1) is 0 Å². The number of rotatable bonds is 15. The molecule has 0 heterocycles. The van der Waals surface area contributed by atoms with Gasteiger partial charge in [0.1, 0.15) is 19.8 Å². The monoisotopic (exact) mass is 388 g/mol. The highest BCUT2D eigenvalue weighted by Gasteiger charge is 2.35. The normalized spacial score (nSPS) is 10.5. The predicted molar refractivity (Wildman–Crippen MR) is 92.9 cm³/mol. The first kappa shape index (κ1) is 23.7. The average Bonchev–Trinajstić information content (AvgIpc) is 2.65. The molecule has 26 heavy (non-hydrogen) atoms. The van der Waals surface area contributed by atoms with Crippen LogP contribution in [0.3, 0.4) is 0 Å². The van der Waals surface area contributed by atoms with Gasteiger partial charge in [-0.25, -0.2) is 14.4 Å². The maximum Gasteiger partial charge on any atom is 0.498 e. The molecule has 10 heteroatoms. The van der Waals surface area contributed by atoms with Crippen LogP contribution in [0.5, 0.6) is 0 Å². The zero-order valence-corrected chi connectivity index (χ0v) is 15.8. The first-order valence-corrected chi connectivity index (χ1v) is 9.88. The van der Waals surface area contributed by atoms with Crippen LogP contribution in [0.4, 0.5) is 0 Å². The van der Waals surface area contributed by atoms with E-state index in [0.29, 0.717) is 0 Å². The lowest BCUT2D eigenvalue weighted by molar-refractivity contribution is -0.139. The van der Waals surface area contributed by atoms with Crippen LogP contribution in [0.25, 0.3) is 0 Å². The predicted octanol–water partition coefficient (Wildman–Crippen LogP) is 0.792. The van der Waals surface area contributed by atoms with Crippen LogP contribution in [0.1, 0.15) is 0 Å². The Labute approximate surface area is 153 Å². The molecule has 0 radical (unpaired) electrons. The van der Waals surface area contributed by atoms with Gasteiger partial charge in [0, 0.05) is 24.8 Å². The molecule has 0 aromatic heterocycles. The van der Waals surface area contributed by atoms with E-state index in [9.17, 15) is 14.4 Å². The number of ether oxygens (including phenoxy) is 3. The largest absolute Gasteiger partial charge is 0.498 e. The maximum atomic E-state index is 11.0. The van der Waals surface area contributed by atoms with Gasteiger partial charge in [-0.15, -0.1) is 0 Å². The zero-order chi connectivity index (χ0) is 19.8. The second kappa shape index (κ2) is 14.0. The molecule has 0 aromatic carbocycles. The number of hydrogen-bond donors (Lipinski definition) is 0. The summed E-state index contributed by atoms with van der Waals surface area (Å²) >= 11 is 0. The molecule has 0 spiro atoms. The molecule has 146 valence electrons. The third-order valence-corrected chi connectivity index (χ3v) is 4.76. The number of carbonyl (C=O) groups is 3. The summed E-state index contributed by atoms with van der Waals surface area (Å²) in [6, 6.07) is 0. The fourth-order valence-corrected chi connectivity index (χ4v) is 3.02. The SMILES string of the molecule is C=CC(=O)OCCO[Si](C)(OCCOC(=O)C=C)OCCOC(=O)C=C. The van der Waals surface area contributed by atoms with Gasteiger partial charge < -0.3 is 27.5 Å². The lowest BCUT2D eigenvalue weighted by atomic mass is 10.6. The molecule has 0 atom stereocenters. The molecule has 0 aliphatic heterocycles. The summed E-state index contributed by atoms with van der Waals surface area (Å²) in [4.78, 5) is 32.9. The molecule has 0 rings (SSSR count). The summed E-state index contributed by atoms with van der Waals surface area (Å²) in [5.74, 6) is -1.73. The van der Waals surface area contributed by atoms with Crippen molar-refractivity contribution in [1.82, 2.24) is 0 Å². The average molecular weight is 388 g/mol. The Balaban J connectivity index is 4.38. The van der Waals surface area contributed by atoms with Crippen molar-refractivity contribution < 1.29 is 41.9 Å². The van der Waals surface area contributed by atoms with Crippen LogP contribution in [0.15, 0.2) is 38.0 Å². The van der Waals surface area contributed by atoms with E-state index in [1.54, 1.807) is 6.55 Å². The summed E-state index contributed by atoms with van der Waals surface area (Å²) in [6.45, 7) is 11.5. The van der Waals surface area contributed by atoms with Gasteiger partial charge in [-0.05, 0) is 0 Å². The van der Waals surface area contributed by atoms with Gasteiger partial charge in [0.2, 0.25) is 0 Å². The molecule has 0 aliphatic carbocycles. The fourth-order valence-electron chi connectivity index (χ4n) is 1.41. The molecular formula is C16H24O9Si. The molecular weight excluding hydrogens is 364 g/mol. The number of hydrogen-bond acceptors (Lipinski definition) is 9. The van der Waals surface area contributed by atoms with E-state index in [1.807, 2.05) is 0 Å². The fraction of sp³-hybridized carbons (Fsp3) is 0.438. The Morgan fingerprint density at radius 1 is 0.654 bits per heavy atom. The summed E-state index contributed by atoms with van der Waals surface area (Å²) in [6.07, 6.45) is 3.10. The lowest BCUT2D eigenvalue weighted by Crippen LogP contribution is -2.45. The summed E-state index contributed by atoms with van der Waals surface area (Å²) in [7, 11) is -3.15. The molecule has 9 nitrogen and oxygen atoms in total. The summed E-state index contributed by atoms with van der Waals surface area (Å²) < 4.78 is 31.1. The molecule has 0 amide bonds. The number of carbonyl (C=O) groups excluding carboxylic acids is 3. The van der Waals surface area contributed by atoms with Crippen LogP contribution in [-0.2, 0) is 41.9 Å². The molecule has 0 bridgehead atoms. The highest BCUT2D eigenvalue weighted by molar-refractivity contribution is 6.59. The van der Waals surface area contributed by atoms with Gasteiger partial charge in [-0.2, -0.15) is 0 Å². The molecule has 0 aliphatic rings. The van der Waals surface area contributed by atoms with Gasteiger partial charge in [-0.3, -0.25) is 0 Å². The van der Waals surface area contributed by atoms with Crippen LogP contribution in [0.2, 0.25) is 6.55 Å². The van der Waals surface area contributed by atoms with E-state index in [0.717, 1.165) is 18.2 Å². The second-order valence-electron chi connectivity index (χ2n) is 4.52. The van der Waals surface area contributed by atoms with E-state index >= 15 is 0 Å². The first-order chi connectivity index (χ1) is 12.4. The van der Waals surface area contributed by atoms with Crippen molar-refractivity contribution in [3.63, 3.8) is 0 Å². The molecule has 0 unspecified atom stereocenters. The highest BCUT2D eigenvalue weighted by atomic mass is 28.4. The van der Waals surface area contributed by atoms with Gasteiger partial charge in [0.15, 0.2) is 0 Å². The van der Waals surface area contributed by atoms with E-state index < -0.39 is 26.7 Å². The van der Waals surface area contributed by atoms with Gasteiger partial charge in [-0.1, -0.05) is 19.7 Å². The Bertz CT molecular complexity index is 435. The smallest absolute Gasteiger partial charge is 0.460 e.